The number of carbonyl (C=O) groups is 1. The summed E-state index contributed by atoms with van der Waals surface area (Å²) >= 11 is 12.5. The van der Waals surface area contributed by atoms with Gasteiger partial charge in [0.1, 0.15) is 11.6 Å². The van der Waals surface area contributed by atoms with Crippen molar-refractivity contribution in [3.8, 4) is 11.6 Å². The third-order valence-corrected chi connectivity index (χ3v) is 8.07. The first-order chi connectivity index (χ1) is 19.4. The Morgan fingerprint density at radius 1 is 1.02 bits per heavy atom. The average molecular weight is 579 g/mol. The number of halogens is 2. The van der Waals surface area contributed by atoms with E-state index in [1.807, 2.05) is 29.1 Å². The zero-order valence-corrected chi connectivity index (χ0v) is 23.8. The first-order valence-corrected chi connectivity index (χ1v) is 13.9. The van der Waals surface area contributed by atoms with Crippen molar-refractivity contribution < 1.29 is 9.53 Å². The molecule has 2 aromatic heterocycles. The van der Waals surface area contributed by atoms with Crippen LogP contribution < -0.4 is 20.3 Å². The second-order valence-corrected chi connectivity index (χ2v) is 10.8. The Labute approximate surface area is 242 Å². The van der Waals surface area contributed by atoms with Crippen LogP contribution in [0.1, 0.15) is 21.6 Å². The van der Waals surface area contributed by atoms with Gasteiger partial charge in [-0.1, -0.05) is 29.3 Å². The van der Waals surface area contributed by atoms with E-state index >= 15 is 0 Å². The highest BCUT2D eigenvalue weighted by Gasteiger charge is 2.25. The summed E-state index contributed by atoms with van der Waals surface area (Å²) in [7, 11) is 3.81. The molecule has 0 bridgehead atoms. The van der Waals surface area contributed by atoms with E-state index in [2.05, 4.69) is 38.5 Å². The minimum absolute atomic E-state index is 0.273. The van der Waals surface area contributed by atoms with Crippen molar-refractivity contribution in [2.24, 2.45) is 0 Å². The van der Waals surface area contributed by atoms with Gasteiger partial charge in [0.05, 0.1) is 34.1 Å². The second kappa shape index (κ2) is 11.0. The molecule has 0 unspecified atom stereocenters. The summed E-state index contributed by atoms with van der Waals surface area (Å²) < 4.78 is 7.66. The van der Waals surface area contributed by atoms with E-state index in [4.69, 9.17) is 32.9 Å². The smallest absolute Gasteiger partial charge is 0.257 e. The molecule has 11 heteroatoms. The molecule has 1 amide bonds. The summed E-state index contributed by atoms with van der Waals surface area (Å²) in [4.78, 5) is 27.3. The van der Waals surface area contributed by atoms with Crippen molar-refractivity contribution in [3.63, 3.8) is 0 Å². The Bertz CT molecular complexity index is 1560. The third-order valence-electron chi connectivity index (χ3n) is 7.44. The van der Waals surface area contributed by atoms with Gasteiger partial charge in [-0.3, -0.25) is 4.79 Å². The van der Waals surface area contributed by atoms with Gasteiger partial charge in [-0.2, -0.15) is 4.98 Å². The van der Waals surface area contributed by atoms with Gasteiger partial charge in [0.2, 0.25) is 5.95 Å². The zero-order valence-electron chi connectivity index (χ0n) is 22.2. The van der Waals surface area contributed by atoms with E-state index in [1.165, 1.54) is 0 Å². The maximum Gasteiger partial charge on any atom is 0.257 e. The van der Waals surface area contributed by atoms with Gasteiger partial charge >= 0.3 is 0 Å². The van der Waals surface area contributed by atoms with Crippen molar-refractivity contribution in [2.75, 3.05) is 55.9 Å². The van der Waals surface area contributed by atoms with Crippen molar-refractivity contribution in [2.45, 2.75) is 12.8 Å². The van der Waals surface area contributed by atoms with Gasteiger partial charge in [-0.15, -0.1) is 0 Å². The lowest BCUT2D eigenvalue weighted by Gasteiger charge is -2.34. The molecule has 206 valence electrons. The molecule has 0 spiro atoms. The number of nitrogens with zero attached hydrogens (tertiary/aromatic N) is 5. The number of hydrogen-bond acceptors (Lipinski definition) is 7. The van der Waals surface area contributed by atoms with Crippen molar-refractivity contribution in [3.05, 3.63) is 81.7 Å². The van der Waals surface area contributed by atoms with E-state index in [0.29, 0.717) is 33.7 Å². The fraction of sp³-hybridized carbons (Fsp3) is 0.276. The van der Waals surface area contributed by atoms with E-state index in [-0.39, 0.29) is 5.91 Å². The van der Waals surface area contributed by atoms with E-state index in [9.17, 15) is 4.79 Å². The molecule has 40 heavy (non-hydrogen) atoms. The van der Waals surface area contributed by atoms with Crippen molar-refractivity contribution >= 4 is 52.1 Å². The lowest BCUT2D eigenvalue weighted by atomic mass is 10.0. The minimum atomic E-state index is -0.273. The monoisotopic (exact) mass is 577 g/mol. The SMILES string of the molecule is COc1cc(N2CCN(C)CC2)ccc1Nc1ncc2c(n1)-n1ccc(C(=O)Nc3c(Cl)cccc3Cl)c1CC2. The largest absolute Gasteiger partial charge is 0.494 e. The molecule has 9 nitrogen and oxygen atoms in total. The summed E-state index contributed by atoms with van der Waals surface area (Å²) in [6, 6.07) is 13.0. The molecule has 1 fully saturated rings. The van der Waals surface area contributed by atoms with Crippen LogP contribution in [-0.4, -0.2) is 65.7 Å². The average Bonchev–Trinajstić information content (AvgIpc) is 3.41. The number of fused-ring (bicyclic) bond motifs is 3. The Morgan fingerprint density at radius 3 is 2.55 bits per heavy atom. The maximum atomic E-state index is 13.2. The minimum Gasteiger partial charge on any atom is -0.494 e. The normalized spacial score (nSPS) is 14.8. The molecule has 0 aliphatic carbocycles. The van der Waals surface area contributed by atoms with E-state index in [1.54, 1.807) is 31.4 Å². The van der Waals surface area contributed by atoms with Crippen LogP contribution in [0.25, 0.3) is 5.82 Å². The van der Waals surface area contributed by atoms with Crippen LogP contribution in [0.15, 0.2) is 54.9 Å². The summed E-state index contributed by atoms with van der Waals surface area (Å²) in [6.45, 7) is 4.02. The van der Waals surface area contributed by atoms with Crippen LogP contribution >= 0.6 is 23.2 Å². The van der Waals surface area contributed by atoms with Gasteiger partial charge in [0.15, 0.2) is 0 Å². The van der Waals surface area contributed by atoms with Gasteiger partial charge in [0.25, 0.3) is 5.91 Å². The number of aryl methyl sites for hydroxylation is 1. The third kappa shape index (κ3) is 5.08. The number of piperazine rings is 1. The van der Waals surface area contributed by atoms with E-state index in [0.717, 1.165) is 66.8 Å². The lowest BCUT2D eigenvalue weighted by Crippen LogP contribution is -2.44. The number of rotatable bonds is 6. The Kier molecular flexibility index (Phi) is 7.27. The number of ether oxygens (including phenoxy) is 1. The number of likely N-dealkylation sites (N-methyl/N-ethyl adjacent to an activating group) is 1. The lowest BCUT2D eigenvalue weighted by molar-refractivity contribution is 0.102. The fourth-order valence-electron chi connectivity index (χ4n) is 5.18. The number of hydrogen-bond donors (Lipinski definition) is 2. The number of benzene rings is 2. The van der Waals surface area contributed by atoms with Gasteiger partial charge in [-0.05, 0) is 50.2 Å². The fourth-order valence-corrected chi connectivity index (χ4v) is 5.68. The highest BCUT2D eigenvalue weighted by Crippen LogP contribution is 2.34. The summed E-state index contributed by atoms with van der Waals surface area (Å²) in [6.07, 6.45) is 5.09. The molecule has 4 heterocycles. The number of aromatic nitrogens is 3. The molecule has 1 saturated heterocycles. The molecule has 2 aliphatic rings. The van der Waals surface area contributed by atoms with E-state index < -0.39 is 0 Å². The number of carbonyl (C=O) groups excluding carboxylic acids is 1. The molecular formula is C29H29Cl2N7O2. The van der Waals surface area contributed by atoms with Gasteiger partial charge in [0, 0.05) is 61.6 Å². The highest BCUT2D eigenvalue weighted by atomic mass is 35.5. The van der Waals surface area contributed by atoms with Crippen LogP contribution in [0.5, 0.6) is 5.75 Å². The van der Waals surface area contributed by atoms with Gasteiger partial charge in [-0.25, -0.2) is 4.98 Å². The van der Waals surface area contributed by atoms with Crippen LogP contribution in [0.3, 0.4) is 0 Å². The summed E-state index contributed by atoms with van der Waals surface area (Å²) in [5, 5.41) is 6.95. The molecule has 0 saturated carbocycles. The van der Waals surface area contributed by atoms with Gasteiger partial charge < -0.3 is 29.7 Å². The highest BCUT2D eigenvalue weighted by molar-refractivity contribution is 6.40. The number of nitrogens with one attached hydrogen (secondary N) is 2. The number of anilines is 4. The Hall–Kier alpha value is -3.79. The first kappa shape index (κ1) is 26.4. The number of amides is 1. The van der Waals surface area contributed by atoms with Crippen molar-refractivity contribution in [1.29, 1.82) is 0 Å². The molecule has 0 atom stereocenters. The van der Waals surface area contributed by atoms with Crippen LogP contribution in [-0.2, 0) is 12.8 Å². The Balaban J connectivity index is 1.24. The zero-order chi connectivity index (χ0) is 27.8. The first-order valence-electron chi connectivity index (χ1n) is 13.1. The molecule has 0 radical (unpaired) electrons. The van der Waals surface area contributed by atoms with Crippen LogP contribution in [0.2, 0.25) is 10.0 Å². The molecule has 6 rings (SSSR count). The van der Waals surface area contributed by atoms with Crippen LogP contribution in [0.4, 0.5) is 23.0 Å². The molecule has 2 aliphatic heterocycles. The maximum absolute atomic E-state index is 13.2. The molecule has 4 aromatic rings. The number of para-hydroxylation sites is 1. The topological polar surface area (TPSA) is 87.6 Å². The predicted molar refractivity (Wildman–Crippen MR) is 159 cm³/mol. The van der Waals surface area contributed by atoms with Crippen molar-refractivity contribution in [1.82, 2.24) is 19.4 Å². The second-order valence-electron chi connectivity index (χ2n) is 9.94. The standard InChI is InChI=1S/C29H29Cl2N7O2/c1-36-12-14-37(15-13-36)19-7-8-23(25(16-19)40-2)33-29-32-17-18-6-9-24-20(10-11-38(24)27(18)35-29)28(39)34-26-21(30)4-3-5-22(26)31/h3-5,7-8,10-11,16-17H,6,9,12-15H2,1-2H3,(H,34,39)(H,32,33,35). The Morgan fingerprint density at radius 2 is 1.80 bits per heavy atom. The summed E-state index contributed by atoms with van der Waals surface area (Å²) in [5.74, 6) is 1.63. The molecule has 2 N–H and O–H groups in total. The molecular weight excluding hydrogens is 549 g/mol. The summed E-state index contributed by atoms with van der Waals surface area (Å²) in [5.41, 5.74) is 4.73. The quantitative estimate of drug-likeness (QED) is 0.316. The van der Waals surface area contributed by atoms with Crippen LogP contribution in [0, 0.1) is 0 Å². The number of methoxy groups -OCH3 is 1. The molecule has 2 aromatic carbocycles. The predicted octanol–water partition coefficient (Wildman–Crippen LogP) is 5.43.